The van der Waals surface area contributed by atoms with Crippen LogP contribution in [0.15, 0.2) is 0 Å². The van der Waals surface area contributed by atoms with Gasteiger partial charge in [-0.25, -0.2) is 0 Å². The van der Waals surface area contributed by atoms with E-state index in [0.717, 1.165) is 0 Å². The predicted molar refractivity (Wildman–Crippen MR) is 32.4 cm³/mol. The predicted octanol–water partition coefficient (Wildman–Crippen LogP) is 2.46. The minimum absolute atomic E-state index is 0. The molecule has 0 aromatic rings. The molecule has 1 rings (SSSR count). The summed E-state index contributed by atoms with van der Waals surface area (Å²) in [4.78, 5) is 0. The number of hydrogen-bond acceptors (Lipinski definition) is 0. The molecule has 9 heavy (non-hydrogen) atoms. The molecule has 1 aliphatic rings. The summed E-state index contributed by atoms with van der Waals surface area (Å²) in [5.41, 5.74) is 0. The van der Waals surface area contributed by atoms with Gasteiger partial charge in [0, 0.05) is 20.4 Å². The summed E-state index contributed by atoms with van der Waals surface area (Å²) in [6.45, 7) is 0. The third-order valence-corrected chi connectivity index (χ3v) is 1.32. The first-order valence-electron chi connectivity index (χ1n) is 2.82. The molecule has 0 spiro atoms. The Balaban J connectivity index is -0.000000120. The molecule has 0 nitrogen and oxygen atoms in total. The van der Waals surface area contributed by atoms with Gasteiger partial charge in [-0.05, 0) is 0 Å². The third-order valence-electron chi connectivity index (χ3n) is 1.32. The first kappa shape index (κ1) is 16.3. The van der Waals surface area contributed by atoms with E-state index in [0.29, 0.717) is 0 Å². The summed E-state index contributed by atoms with van der Waals surface area (Å²) in [5.74, 6) is 0. The Labute approximate surface area is 68.8 Å². The van der Waals surface area contributed by atoms with Gasteiger partial charge in [0.25, 0.3) is 0 Å². The molecule has 1 aliphatic carbocycles. The average molecular weight is 230 g/mol. The fourth-order valence-corrected chi connectivity index (χ4v) is 0.898. The van der Waals surface area contributed by atoms with Gasteiger partial charge in [0.1, 0.15) is 0 Å². The zero-order valence-corrected chi connectivity index (χ0v) is 6.80. The van der Waals surface area contributed by atoms with Crippen molar-refractivity contribution in [1.29, 1.82) is 0 Å². The molecule has 0 atom stereocenters. The van der Waals surface area contributed by atoms with Crippen molar-refractivity contribution < 1.29 is 29.8 Å². The molecule has 0 N–H and O–H groups in total. The van der Waals surface area contributed by atoms with E-state index in [4.69, 9.17) is 0 Å². The van der Waals surface area contributed by atoms with Crippen molar-refractivity contribution in [3.05, 3.63) is 6.42 Å². The van der Waals surface area contributed by atoms with Crippen molar-refractivity contribution >= 4 is 0 Å². The Hall–Kier alpha value is 0.522. The summed E-state index contributed by atoms with van der Waals surface area (Å²) in [6.07, 6.45) is 9.50. The Morgan fingerprint density at radius 3 is 1.33 bits per heavy atom. The molecular formula is C6H13F2Pd-. The fraction of sp³-hybridized carbons (Fsp3) is 0.833. The van der Waals surface area contributed by atoms with Crippen molar-refractivity contribution in [2.75, 3.05) is 0 Å². The van der Waals surface area contributed by atoms with Gasteiger partial charge in [-0.2, -0.15) is 12.8 Å². The molecule has 1 saturated carbocycles. The van der Waals surface area contributed by atoms with E-state index in [2.05, 4.69) is 6.42 Å². The molecule has 3 heteroatoms. The van der Waals surface area contributed by atoms with Crippen molar-refractivity contribution in [2.24, 2.45) is 0 Å². The molecule has 0 saturated heterocycles. The van der Waals surface area contributed by atoms with Crippen LogP contribution in [0.5, 0.6) is 0 Å². The van der Waals surface area contributed by atoms with Crippen molar-refractivity contribution in [2.45, 2.75) is 32.1 Å². The van der Waals surface area contributed by atoms with Gasteiger partial charge in [-0.3, -0.25) is 9.41 Å². The number of rotatable bonds is 0. The van der Waals surface area contributed by atoms with Crippen LogP contribution >= 0.6 is 0 Å². The van der Waals surface area contributed by atoms with Crippen LogP contribution in [0.25, 0.3) is 0 Å². The molecular weight excluding hydrogens is 216 g/mol. The van der Waals surface area contributed by atoms with E-state index < -0.39 is 0 Å². The van der Waals surface area contributed by atoms with E-state index in [1.54, 1.807) is 0 Å². The molecule has 1 fully saturated rings. The summed E-state index contributed by atoms with van der Waals surface area (Å²) < 4.78 is 0. The zero-order chi connectivity index (χ0) is 4.24. The van der Waals surface area contributed by atoms with Crippen LogP contribution in [0.2, 0.25) is 0 Å². The second kappa shape index (κ2) is 11.3. The maximum Gasteiger partial charge on any atom is 0 e. The minimum Gasteiger partial charge on any atom is -0.328 e. The molecule has 0 unspecified atom stereocenters. The third kappa shape index (κ3) is 8.52. The topological polar surface area (TPSA) is 0 Å². The summed E-state index contributed by atoms with van der Waals surface area (Å²) in [5, 5.41) is 0. The van der Waals surface area contributed by atoms with Gasteiger partial charge in [0.05, 0.1) is 0 Å². The largest absolute Gasteiger partial charge is 0.328 e. The van der Waals surface area contributed by atoms with Crippen LogP contribution in [0, 0.1) is 6.42 Å². The molecule has 0 heterocycles. The number of hydrogen-bond donors (Lipinski definition) is 0. The van der Waals surface area contributed by atoms with Gasteiger partial charge in [0.2, 0.25) is 0 Å². The van der Waals surface area contributed by atoms with E-state index in [9.17, 15) is 0 Å². The van der Waals surface area contributed by atoms with Gasteiger partial charge in [-0.1, -0.05) is 19.3 Å². The molecule has 0 radical (unpaired) electrons. The Morgan fingerprint density at radius 2 is 1.22 bits per heavy atom. The number of halogens is 2. The van der Waals surface area contributed by atoms with Crippen LogP contribution in [0.1, 0.15) is 32.1 Å². The van der Waals surface area contributed by atoms with E-state index >= 15 is 0 Å². The normalized spacial score (nSPS) is 16.0. The maximum absolute atomic E-state index is 2.39. The van der Waals surface area contributed by atoms with Crippen LogP contribution in [-0.4, -0.2) is 0 Å². The standard InChI is InChI=1S/C6H11.2FH.Pd/c1-2-4-6-5-3-1;;;/h1H,2-6H2;2*1H;/q-1;;;. The summed E-state index contributed by atoms with van der Waals surface area (Å²) in [7, 11) is 0. The summed E-state index contributed by atoms with van der Waals surface area (Å²) in [6, 6.07) is 0. The molecule has 0 amide bonds. The Morgan fingerprint density at radius 1 is 0.778 bits per heavy atom. The van der Waals surface area contributed by atoms with E-state index in [-0.39, 0.29) is 29.8 Å². The van der Waals surface area contributed by atoms with Gasteiger partial charge in [-0.15, -0.1) is 0 Å². The van der Waals surface area contributed by atoms with Crippen molar-refractivity contribution in [3.63, 3.8) is 0 Å². The molecule has 0 bridgehead atoms. The van der Waals surface area contributed by atoms with Gasteiger partial charge < -0.3 is 6.42 Å². The maximum atomic E-state index is 2.39. The van der Waals surface area contributed by atoms with Gasteiger partial charge >= 0.3 is 0 Å². The van der Waals surface area contributed by atoms with E-state index in [1.165, 1.54) is 32.1 Å². The van der Waals surface area contributed by atoms with Crippen LogP contribution in [0.4, 0.5) is 9.41 Å². The first-order valence-corrected chi connectivity index (χ1v) is 2.82. The Bertz CT molecular complexity index is 26.5. The summed E-state index contributed by atoms with van der Waals surface area (Å²) >= 11 is 0. The molecule has 0 aromatic heterocycles. The average Bonchev–Trinajstić information content (AvgIpc) is 1.72. The van der Waals surface area contributed by atoms with Gasteiger partial charge in [0.15, 0.2) is 0 Å². The van der Waals surface area contributed by atoms with Crippen LogP contribution in [0.3, 0.4) is 0 Å². The molecule has 0 aromatic carbocycles. The van der Waals surface area contributed by atoms with E-state index in [1.807, 2.05) is 0 Å². The minimum atomic E-state index is 0. The smallest absolute Gasteiger partial charge is 0 e. The SMILES string of the molecule is F.F.[CH-]1CCCCC1.[Pd]. The monoisotopic (exact) mass is 229 g/mol. The second-order valence-corrected chi connectivity index (χ2v) is 1.93. The van der Waals surface area contributed by atoms with Crippen LogP contribution < -0.4 is 0 Å². The van der Waals surface area contributed by atoms with Crippen molar-refractivity contribution in [3.8, 4) is 0 Å². The van der Waals surface area contributed by atoms with Crippen molar-refractivity contribution in [1.82, 2.24) is 0 Å². The zero-order valence-electron chi connectivity index (χ0n) is 5.25. The molecule has 0 aliphatic heterocycles. The van der Waals surface area contributed by atoms with Crippen LogP contribution in [-0.2, 0) is 20.4 Å². The first-order chi connectivity index (χ1) is 3.00. The molecule has 62 valence electrons. The second-order valence-electron chi connectivity index (χ2n) is 1.93. The quantitative estimate of drug-likeness (QED) is 0.442. The Kier molecular flexibility index (Phi) is 20.5. The fourth-order valence-electron chi connectivity index (χ4n) is 0.898.